The summed E-state index contributed by atoms with van der Waals surface area (Å²) in [6.07, 6.45) is 4.97. The van der Waals surface area contributed by atoms with Gasteiger partial charge in [0.15, 0.2) is 0 Å². The molecule has 3 aromatic rings. The molecule has 1 N–H and O–H groups in total. The van der Waals surface area contributed by atoms with E-state index in [0.29, 0.717) is 11.4 Å². The second-order valence-electron chi connectivity index (χ2n) is 4.91. The molecule has 0 unspecified atom stereocenters. The van der Waals surface area contributed by atoms with Crippen LogP contribution in [0.15, 0.2) is 67.1 Å². The first-order valence-corrected chi connectivity index (χ1v) is 6.98. The summed E-state index contributed by atoms with van der Waals surface area (Å²) in [5, 5.41) is 2.89. The Labute approximate surface area is 128 Å². The summed E-state index contributed by atoms with van der Waals surface area (Å²) in [5.41, 5.74) is 4.20. The fourth-order valence-electron chi connectivity index (χ4n) is 2.29. The number of carbonyl (C=O) groups excluding carboxylic acids is 1. The molecule has 0 bridgehead atoms. The van der Waals surface area contributed by atoms with Crippen molar-refractivity contribution in [3.05, 3.63) is 78.4 Å². The van der Waals surface area contributed by atoms with E-state index in [9.17, 15) is 4.79 Å². The number of hydrogen-bond acceptors (Lipinski definition) is 3. The van der Waals surface area contributed by atoms with Crippen LogP contribution < -0.4 is 5.32 Å². The van der Waals surface area contributed by atoms with E-state index in [-0.39, 0.29) is 5.91 Å². The third-order valence-corrected chi connectivity index (χ3v) is 3.40. The Morgan fingerprint density at radius 2 is 1.77 bits per heavy atom. The molecular weight excluding hydrogens is 274 g/mol. The average Bonchev–Trinajstić information content (AvgIpc) is 2.57. The first-order valence-electron chi connectivity index (χ1n) is 6.98. The van der Waals surface area contributed by atoms with Crippen molar-refractivity contribution in [3.8, 4) is 11.1 Å². The summed E-state index contributed by atoms with van der Waals surface area (Å²) in [7, 11) is 0. The number of rotatable bonds is 3. The normalized spacial score (nSPS) is 10.2. The molecule has 1 aromatic carbocycles. The number of benzene rings is 1. The van der Waals surface area contributed by atoms with Crippen LogP contribution in [0.2, 0.25) is 0 Å². The third-order valence-electron chi connectivity index (χ3n) is 3.40. The molecule has 3 rings (SSSR count). The summed E-state index contributed by atoms with van der Waals surface area (Å²) in [4.78, 5) is 20.5. The van der Waals surface area contributed by atoms with E-state index in [1.54, 1.807) is 36.8 Å². The molecule has 0 aliphatic carbocycles. The minimum absolute atomic E-state index is 0.247. The maximum Gasteiger partial charge on any atom is 0.274 e. The van der Waals surface area contributed by atoms with Gasteiger partial charge in [-0.15, -0.1) is 0 Å². The van der Waals surface area contributed by atoms with E-state index in [1.165, 1.54) is 0 Å². The van der Waals surface area contributed by atoms with Gasteiger partial charge in [-0.25, -0.2) is 0 Å². The molecule has 0 saturated heterocycles. The predicted octanol–water partition coefficient (Wildman–Crippen LogP) is 3.70. The zero-order valence-electron chi connectivity index (χ0n) is 12.2. The van der Waals surface area contributed by atoms with E-state index in [0.717, 1.165) is 16.7 Å². The maximum absolute atomic E-state index is 12.3. The van der Waals surface area contributed by atoms with Gasteiger partial charge in [-0.3, -0.25) is 14.8 Å². The topological polar surface area (TPSA) is 54.9 Å². The molecule has 2 aromatic heterocycles. The van der Waals surface area contributed by atoms with Gasteiger partial charge in [-0.05, 0) is 36.2 Å². The molecule has 22 heavy (non-hydrogen) atoms. The van der Waals surface area contributed by atoms with Crippen molar-refractivity contribution < 1.29 is 4.79 Å². The monoisotopic (exact) mass is 289 g/mol. The number of nitrogens with zero attached hydrogens (tertiary/aromatic N) is 2. The van der Waals surface area contributed by atoms with Gasteiger partial charge in [-0.1, -0.05) is 30.3 Å². The van der Waals surface area contributed by atoms with Gasteiger partial charge in [0.2, 0.25) is 0 Å². The lowest BCUT2D eigenvalue weighted by Crippen LogP contribution is -2.14. The van der Waals surface area contributed by atoms with Crippen LogP contribution in [-0.4, -0.2) is 15.9 Å². The molecular formula is C18H15N3O. The molecule has 0 fully saturated rings. The molecule has 2 heterocycles. The summed E-state index contributed by atoms with van der Waals surface area (Å²) in [6.45, 7) is 2.04. The van der Waals surface area contributed by atoms with Gasteiger partial charge in [0, 0.05) is 18.0 Å². The smallest absolute Gasteiger partial charge is 0.274 e. The van der Waals surface area contributed by atoms with Crippen LogP contribution in [0.25, 0.3) is 11.1 Å². The molecule has 4 heteroatoms. The zero-order chi connectivity index (χ0) is 15.4. The number of pyridine rings is 2. The fraction of sp³-hybridized carbons (Fsp3) is 0.0556. The molecule has 0 saturated carbocycles. The number of aromatic nitrogens is 2. The largest absolute Gasteiger partial charge is 0.319 e. The number of anilines is 1. The Kier molecular flexibility index (Phi) is 3.92. The Bertz CT molecular complexity index is 800. The maximum atomic E-state index is 12.3. The van der Waals surface area contributed by atoms with E-state index in [4.69, 9.17) is 0 Å². The second-order valence-corrected chi connectivity index (χ2v) is 4.91. The van der Waals surface area contributed by atoms with Gasteiger partial charge in [-0.2, -0.15) is 0 Å². The van der Waals surface area contributed by atoms with Gasteiger partial charge in [0.1, 0.15) is 5.69 Å². The quantitative estimate of drug-likeness (QED) is 0.799. The molecule has 0 aliphatic rings. The van der Waals surface area contributed by atoms with Crippen molar-refractivity contribution in [1.29, 1.82) is 0 Å². The average molecular weight is 289 g/mol. The summed E-state index contributed by atoms with van der Waals surface area (Å²) in [6, 6.07) is 15.2. The molecule has 4 nitrogen and oxygen atoms in total. The van der Waals surface area contributed by atoms with E-state index < -0.39 is 0 Å². The summed E-state index contributed by atoms with van der Waals surface area (Å²) in [5.74, 6) is -0.247. The highest BCUT2D eigenvalue weighted by atomic mass is 16.1. The highest BCUT2D eigenvalue weighted by Gasteiger charge is 2.12. The fourth-order valence-corrected chi connectivity index (χ4v) is 2.29. The zero-order valence-corrected chi connectivity index (χ0v) is 12.2. The second kappa shape index (κ2) is 6.18. The van der Waals surface area contributed by atoms with Gasteiger partial charge in [0.25, 0.3) is 5.91 Å². The summed E-state index contributed by atoms with van der Waals surface area (Å²) >= 11 is 0. The molecule has 0 atom stereocenters. The Balaban J connectivity index is 1.96. The number of aryl methyl sites for hydroxylation is 1. The van der Waals surface area contributed by atoms with Crippen LogP contribution in [0, 0.1) is 6.92 Å². The van der Waals surface area contributed by atoms with Crippen molar-refractivity contribution in [2.75, 3.05) is 5.32 Å². The van der Waals surface area contributed by atoms with Crippen molar-refractivity contribution in [2.45, 2.75) is 6.92 Å². The lowest BCUT2D eigenvalue weighted by Gasteiger charge is -2.12. The van der Waals surface area contributed by atoms with Crippen LogP contribution in [0.4, 0.5) is 5.69 Å². The Morgan fingerprint density at radius 3 is 2.55 bits per heavy atom. The number of hydrogen-bond donors (Lipinski definition) is 1. The number of nitrogens with one attached hydrogen (secondary N) is 1. The first kappa shape index (κ1) is 13.9. The van der Waals surface area contributed by atoms with Crippen molar-refractivity contribution in [2.24, 2.45) is 0 Å². The van der Waals surface area contributed by atoms with E-state index in [1.807, 2.05) is 37.3 Å². The SMILES string of the molecule is Cc1ccccc1-c1ccncc1NC(=O)c1ccccn1. The van der Waals surface area contributed by atoms with Crippen LogP contribution in [0.5, 0.6) is 0 Å². The summed E-state index contributed by atoms with van der Waals surface area (Å²) < 4.78 is 0. The molecule has 0 spiro atoms. The Hall–Kier alpha value is -3.01. The number of amides is 1. The lowest BCUT2D eigenvalue weighted by molar-refractivity contribution is 0.102. The Morgan fingerprint density at radius 1 is 0.955 bits per heavy atom. The van der Waals surface area contributed by atoms with Crippen molar-refractivity contribution >= 4 is 11.6 Å². The third kappa shape index (κ3) is 2.86. The van der Waals surface area contributed by atoms with Gasteiger partial charge in [0.05, 0.1) is 11.9 Å². The molecule has 1 amide bonds. The van der Waals surface area contributed by atoms with Gasteiger partial charge < -0.3 is 5.32 Å². The van der Waals surface area contributed by atoms with Crippen LogP contribution in [0.1, 0.15) is 16.1 Å². The van der Waals surface area contributed by atoms with Crippen LogP contribution in [0.3, 0.4) is 0 Å². The predicted molar refractivity (Wildman–Crippen MR) is 86.6 cm³/mol. The van der Waals surface area contributed by atoms with E-state index in [2.05, 4.69) is 15.3 Å². The lowest BCUT2D eigenvalue weighted by atomic mass is 10.0. The van der Waals surface area contributed by atoms with Crippen LogP contribution in [-0.2, 0) is 0 Å². The van der Waals surface area contributed by atoms with Crippen molar-refractivity contribution in [3.63, 3.8) is 0 Å². The number of carbonyl (C=O) groups is 1. The first-order chi connectivity index (χ1) is 10.8. The van der Waals surface area contributed by atoms with Crippen LogP contribution >= 0.6 is 0 Å². The standard InChI is InChI=1S/C18H15N3O/c1-13-6-2-3-7-14(13)15-9-11-19-12-17(15)21-18(22)16-8-4-5-10-20-16/h2-12H,1H3,(H,21,22). The minimum Gasteiger partial charge on any atom is -0.319 e. The molecule has 0 radical (unpaired) electrons. The van der Waals surface area contributed by atoms with Crippen molar-refractivity contribution in [1.82, 2.24) is 9.97 Å². The highest BCUT2D eigenvalue weighted by Crippen LogP contribution is 2.29. The minimum atomic E-state index is -0.247. The van der Waals surface area contributed by atoms with Gasteiger partial charge >= 0.3 is 0 Å². The molecule has 0 aliphatic heterocycles. The highest BCUT2D eigenvalue weighted by molar-refractivity contribution is 6.05. The molecule has 108 valence electrons. The van der Waals surface area contributed by atoms with E-state index >= 15 is 0 Å².